The van der Waals surface area contributed by atoms with Crippen LogP contribution in [0.5, 0.6) is 0 Å². The van der Waals surface area contributed by atoms with E-state index in [0.717, 1.165) is 0 Å². The Morgan fingerprint density at radius 1 is 1.50 bits per heavy atom. The summed E-state index contributed by atoms with van der Waals surface area (Å²) in [5.74, 6) is -4.21. The quantitative estimate of drug-likeness (QED) is 0.333. The third-order valence-corrected chi connectivity index (χ3v) is 2.12. The van der Waals surface area contributed by atoms with Crippen molar-refractivity contribution in [1.82, 2.24) is 0 Å². The van der Waals surface area contributed by atoms with Crippen LogP contribution < -0.4 is 0 Å². The molecule has 1 saturated heterocycles. The summed E-state index contributed by atoms with van der Waals surface area (Å²) in [6, 6.07) is 0. The lowest BCUT2D eigenvalue weighted by atomic mass is 9.96. The van der Waals surface area contributed by atoms with E-state index in [2.05, 4.69) is 4.74 Å². The number of carboxylic acids is 1. The number of rotatable bonds is 2. The molecule has 82 valence electrons. The van der Waals surface area contributed by atoms with E-state index in [4.69, 9.17) is 10.2 Å². The van der Waals surface area contributed by atoms with Gasteiger partial charge >= 0.3 is 5.97 Å². The Morgan fingerprint density at radius 2 is 2.07 bits per heavy atom. The molecule has 1 aliphatic heterocycles. The van der Waals surface area contributed by atoms with Crippen molar-refractivity contribution in [2.45, 2.75) is 30.5 Å². The molecule has 1 heterocycles. The molecule has 7 heteroatoms. The highest BCUT2D eigenvalue weighted by Crippen LogP contribution is 2.27. The van der Waals surface area contributed by atoms with Gasteiger partial charge in [-0.05, 0) is 0 Å². The maximum Gasteiger partial charge on any atom is 0.364 e. The largest absolute Gasteiger partial charge is 0.477 e. The second kappa shape index (κ2) is 3.79. The van der Waals surface area contributed by atoms with Crippen LogP contribution >= 0.6 is 0 Å². The molecule has 0 radical (unpaired) electrons. The van der Waals surface area contributed by atoms with Gasteiger partial charge in [0.05, 0.1) is 12.7 Å². The summed E-state index contributed by atoms with van der Waals surface area (Å²) >= 11 is 0. The summed E-state index contributed by atoms with van der Waals surface area (Å²) in [5, 5.41) is 45.0. The van der Waals surface area contributed by atoms with Crippen molar-refractivity contribution in [1.29, 1.82) is 0 Å². The first-order valence-corrected chi connectivity index (χ1v) is 4.01. The van der Waals surface area contributed by atoms with Crippen LogP contribution in [0.1, 0.15) is 6.42 Å². The second-order valence-corrected chi connectivity index (χ2v) is 3.19. The summed E-state index contributed by atoms with van der Waals surface area (Å²) in [7, 11) is 0. The van der Waals surface area contributed by atoms with Gasteiger partial charge in [-0.1, -0.05) is 0 Å². The normalized spacial score (nSPS) is 43.6. The standard InChI is InChI=1S/C7H12O7/c8-2-4-5(10)3(9)1-7(13,14-4)6(11)12/h3-5,8-10,13H,1-2H2,(H,11,12)/t3-,4-,5-,7-/m1/s1. The van der Waals surface area contributed by atoms with Crippen molar-refractivity contribution >= 4 is 5.97 Å². The Kier molecular flexibility index (Phi) is 3.07. The second-order valence-electron chi connectivity index (χ2n) is 3.19. The van der Waals surface area contributed by atoms with Gasteiger partial charge in [0, 0.05) is 6.42 Å². The number of aliphatic hydroxyl groups excluding tert-OH is 3. The lowest BCUT2D eigenvalue weighted by molar-refractivity contribution is -0.298. The van der Waals surface area contributed by atoms with E-state index in [1.54, 1.807) is 0 Å². The van der Waals surface area contributed by atoms with E-state index in [0.29, 0.717) is 0 Å². The first-order valence-electron chi connectivity index (χ1n) is 4.01. The Labute approximate surface area is 79.2 Å². The Bertz CT molecular complexity index is 230. The molecule has 0 aromatic carbocycles. The minimum Gasteiger partial charge on any atom is -0.477 e. The molecule has 14 heavy (non-hydrogen) atoms. The van der Waals surface area contributed by atoms with Gasteiger partial charge < -0.3 is 30.3 Å². The molecule has 5 N–H and O–H groups in total. The van der Waals surface area contributed by atoms with Crippen molar-refractivity contribution in [3.63, 3.8) is 0 Å². The van der Waals surface area contributed by atoms with Gasteiger partial charge in [0.2, 0.25) is 0 Å². The van der Waals surface area contributed by atoms with Crippen molar-refractivity contribution in [2.24, 2.45) is 0 Å². The van der Waals surface area contributed by atoms with E-state index in [-0.39, 0.29) is 0 Å². The minimum atomic E-state index is -2.55. The molecule has 4 atom stereocenters. The highest BCUT2D eigenvalue weighted by molar-refractivity contribution is 5.75. The van der Waals surface area contributed by atoms with E-state index in [1.807, 2.05) is 0 Å². The summed E-state index contributed by atoms with van der Waals surface area (Å²) < 4.78 is 4.56. The third-order valence-electron chi connectivity index (χ3n) is 2.12. The van der Waals surface area contributed by atoms with E-state index in [1.165, 1.54) is 0 Å². The summed E-state index contributed by atoms with van der Waals surface area (Å²) in [5.41, 5.74) is 0. The number of hydrogen-bond donors (Lipinski definition) is 5. The molecule has 0 saturated carbocycles. The molecule has 7 nitrogen and oxygen atoms in total. The average molecular weight is 208 g/mol. The number of carboxylic acid groups (broad SMARTS) is 1. The van der Waals surface area contributed by atoms with Crippen LogP contribution in [-0.2, 0) is 9.53 Å². The van der Waals surface area contributed by atoms with Crippen molar-refractivity contribution in [3.05, 3.63) is 0 Å². The first-order chi connectivity index (χ1) is 6.40. The molecule has 1 aliphatic rings. The smallest absolute Gasteiger partial charge is 0.364 e. The monoisotopic (exact) mass is 208 g/mol. The first kappa shape index (κ1) is 11.3. The number of hydrogen-bond acceptors (Lipinski definition) is 6. The molecule has 0 spiro atoms. The summed E-state index contributed by atoms with van der Waals surface area (Å²) in [6.07, 6.45) is -4.79. The van der Waals surface area contributed by atoms with Gasteiger partial charge in [-0.2, -0.15) is 0 Å². The number of carbonyl (C=O) groups is 1. The van der Waals surface area contributed by atoms with Gasteiger partial charge in [-0.25, -0.2) is 4.79 Å². The predicted octanol–water partition coefficient (Wildman–Crippen LogP) is -2.74. The molecular weight excluding hydrogens is 196 g/mol. The zero-order valence-electron chi connectivity index (χ0n) is 7.20. The van der Waals surface area contributed by atoms with Crippen LogP contribution in [0.4, 0.5) is 0 Å². The molecule has 0 aromatic rings. The van der Waals surface area contributed by atoms with Crippen LogP contribution in [-0.4, -0.2) is 62.2 Å². The van der Waals surface area contributed by atoms with Crippen molar-refractivity contribution < 1.29 is 35.1 Å². The van der Waals surface area contributed by atoms with E-state index >= 15 is 0 Å². The molecule has 1 fully saturated rings. The highest BCUT2D eigenvalue weighted by atomic mass is 16.7. The molecule has 1 rings (SSSR count). The maximum absolute atomic E-state index is 10.5. The molecule has 0 amide bonds. The minimum absolute atomic E-state index is 0.639. The Hall–Kier alpha value is -0.730. The maximum atomic E-state index is 10.5. The number of aliphatic carboxylic acids is 1. The lowest BCUT2D eigenvalue weighted by Gasteiger charge is -2.39. The highest BCUT2D eigenvalue weighted by Gasteiger charge is 2.50. The predicted molar refractivity (Wildman–Crippen MR) is 41.2 cm³/mol. The molecule has 0 unspecified atom stereocenters. The topological polar surface area (TPSA) is 127 Å². The van der Waals surface area contributed by atoms with Crippen LogP contribution in [0.15, 0.2) is 0 Å². The fourth-order valence-electron chi connectivity index (χ4n) is 1.30. The SMILES string of the molecule is O=C(O)[C@@]1(O)C[C@@H](O)[C@@H](O)[C@@H](CO)O1. The molecule has 0 aromatic heterocycles. The van der Waals surface area contributed by atoms with Crippen LogP contribution in [0.3, 0.4) is 0 Å². The fraction of sp³-hybridized carbons (Fsp3) is 0.857. The van der Waals surface area contributed by atoms with Gasteiger partial charge in [-0.15, -0.1) is 0 Å². The molecule has 0 aliphatic carbocycles. The van der Waals surface area contributed by atoms with Crippen molar-refractivity contribution in [3.8, 4) is 0 Å². The van der Waals surface area contributed by atoms with Gasteiger partial charge in [0.15, 0.2) is 0 Å². The van der Waals surface area contributed by atoms with Crippen LogP contribution in [0.2, 0.25) is 0 Å². The Balaban J connectivity index is 2.81. The number of aliphatic hydroxyl groups is 4. The Morgan fingerprint density at radius 3 is 2.50 bits per heavy atom. The molecule has 0 bridgehead atoms. The number of ether oxygens (including phenoxy) is 1. The average Bonchev–Trinajstić information content (AvgIpc) is 2.11. The fourth-order valence-corrected chi connectivity index (χ4v) is 1.30. The zero-order valence-corrected chi connectivity index (χ0v) is 7.20. The summed E-state index contributed by atoms with van der Waals surface area (Å²) in [6.45, 7) is -0.687. The lowest BCUT2D eigenvalue weighted by Crippen LogP contribution is -2.59. The van der Waals surface area contributed by atoms with E-state index < -0.39 is 43.1 Å². The third kappa shape index (κ3) is 1.86. The zero-order chi connectivity index (χ0) is 10.9. The van der Waals surface area contributed by atoms with Crippen LogP contribution in [0.25, 0.3) is 0 Å². The molecular formula is C7H12O7. The van der Waals surface area contributed by atoms with Gasteiger partial charge in [-0.3, -0.25) is 0 Å². The van der Waals surface area contributed by atoms with Gasteiger partial charge in [0.25, 0.3) is 5.79 Å². The van der Waals surface area contributed by atoms with Crippen LogP contribution in [0, 0.1) is 0 Å². The summed E-state index contributed by atoms with van der Waals surface area (Å²) in [4.78, 5) is 10.5. The van der Waals surface area contributed by atoms with E-state index in [9.17, 15) is 20.1 Å². The van der Waals surface area contributed by atoms with Crippen molar-refractivity contribution in [2.75, 3.05) is 6.61 Å². The van der Waals surface area contributed by atoms with Gasteiger partial charge in [0.1, 0.15) is 12.2 Å².